The summed E-state index contributed by atoms with van der Waals surface area (Å²) in [7, 11) is 0. The van der Waals surface area contributed by atoms with Gasteiger partial charge in [-0.1, -0.05) is 29.3 Å². The minimum absolute atomic E-state index is 0.475. The second kappa shape index (κ2) is 3.77. The van der Waals surface area contributed by atoms with E-state index in [4.69, 9.17) is 23.2 Å². The fraction of sp³-hybridized carbons (Fsp3) is 0.111. The maximum atomic E-state index is 10.3. The number of halogens is 2. The van der Waals surface area contributed by atoms with Crippen molar-refractivity contribution in [2.45, 2.75) is 6.92 Å². The molecule has 0 aliphatic rings. The lowest BCUT2D eigenvalue weighted by atomic mass is 10.1. The van der Waals surface area contributed by atoms with Gasteiger partial charge in [-0.3, -0.25) is 0 Å². The number of hydrogen-bond donors (Lipinski definition) is 0. The molecule has 0 fully saturated rings. The Bertz CT molecular complexity index is 352. The first kappa shape index (κ1) is 9.34. The summed E-state index contributed by atoms with van der Waals surface area (Å²) in [4.78, 5) is 10.3. The molecule has 0 spiro atoms. The van der Waals surface area contributed by atoms with Crippen LogP contribution >= 0.6 is 23.2 Å². The van der Waals surface area contributed by atoms with E-state index in [1.165, 1.54) is 0 Å². The van der Waals surface area contributed by atoms with Crippen molar-refractivity contribution < 1.29 is 4.79 Å². The molecule has 1 rings (SSSR count). The summed E-state index contributed by atoms with van der Waals surface area (Å²) in [6, 6.07) is 4.98. The number of carbonyl (C=O) groups excluding carboxylic acids is 1. The molecular weight excluding hydrogens is 195 g/mol. The quantitative estimate of drug-likeness (QED) is 0.637. The zero-order valence-electron chi connectivity index (χ0n) is 6.40. The first-order chi connectivity index (χ1) is 5.65. The third kappa shape index (κ3) is 1.89. The molecule has 1 aromatic rings. The molecule has 0 aliphatic carbocycles. The summed E-state index contributed by atoms with van der Waals surface area (Å²) >= 11 is 11.5. The van der Waals surface area contributed by atoms with Crippen molar-refractivity contribution in [3.63, 3.8) is 0 Å². The normalized spacial score (nSPS) is 9.25. The van der Waals surface area contributed by atoms with Gasteiger partial charge in [-0.25, -0.2) is 4.79 Å². The van der Waals surface area contributed by atoms with E-state index in [1.54, 1.807) is 31.1 Å². The van der Waals surface area contributed by atoms with Gasteiger partial charge in [0.1, 0.15) is 5.94 Å². The van der Waals surface area contributed by atoms with Gasteiger partial charge in [-0.05, 0) is 19.1 Å². The second-order valence-corrected chi connectivity index (χ2v) is 3.19. The Kier molecular flexibility index (Phi) is 2.93. The second-order valence-electron chi connectivity index (χ2n) is 2.35. The van der Waals surface area contributed by atoms with Gasteiger partial charge < -0.3 is 0 Å². The summed E-state index contributed by atoms with van der Waals surface area (Å²) in [5, 5.41) is 1.03. The van der Waals surface area contributed by atoms with Gasteiger partial charge in [0.25, 0.3) is 0 Å². The number of allylic oxidation sites excluding steroid dienone is 1. The van der Waals surface area contributed by atoms with Crippen LogP contribution in [-0.4, -0.2) is 5.94 Å². The van der Waals surface area contributed by atoms with E-state index in [1.807, 2.05) is 0 Å². The van der Waals surface area contributed by atoms with E-state index in [0.29, 0.717) is 21.2 Å². The highest BCUT2D eigenvalue weighted by Gasteiger charge is 2.02. The summed E-state index contributed by atoms with van der Waals surface area (Å²) < 4.78 is 0. The van der Waals surface area contributed by atoms with Crippen molar-refractivity contribution in [2.24, 2.45) is 0 Å². The van der Waals surface area contributed by atoms with E-state index in [9.17, 15) is 4.79 Å². The van der Waals surface area contributed by atoms with Crippen LogP contribution in [0.25, 0.3) is 5.57 Å². The molecule has 0 bridgehead atoms. The van der Waals surface area contributed by atoms with Crippen LogP contribution in [0.15, 0.2) is 18.2 Å². The molecule has 0 unspecified atom stereocenters. The number of hydrogen-bond acceptors (Lipinski definition) is 1. The fourth-order valence-corrected chi connectivity index (χ4v) is 1.40. The average Bonchev–Trinajstić information content (AvgIpc) is 2.03. The molecule has 0 amide bonds. The standard InChI is InChI=1S/C9H6Cl2O/c1-6(5-12)8-3-2-7(10)4-9(8)11/h2-4H,1H3. The molecule has 0 atom stereocenters. The molecule has 0 radical (unpaired) electrons. The van der Waals surface area contributed by atoms with Gasteiger partial charge in [-0.15, -0.1) is 0 Å². The van der Waals surface area contributed by atoms with Crippen LogP contribution in [0.5, 0.6) is 0 Å². The molecule has 1 nitrogen and oxygen atoms in total. The third-order valence-corrected chi connectivity index (χ3v) is 2.04. The monoisotopic (exact) mass is 200 g/mol. The highest BCUT2D eigenvalue weighted by molar-refractivity contribution is 6.35. The van der Waals surface area contributed by atoms with Gasteiger partial charge in [0.2, 0.25) is 0 Å². The molecule has 0 aliphatic heterocycles. The summed E-state index contributed by atoms with van der Waals surface area (Å²) in [5.74, 6) is 1.78. The lowest BCUT2D eigenvalue weighted by molar-refractivity contribution is 0.569. The first-order valence-electron chi connectivity index (χ1n) is 3.32. The van der Waals surface area contributed by atoms with E-state index < -0.39 is 0 Å². The van der Waals surface area contributed by atoms with Gasteiger partial charge in [-0.2, -0.15) is 0 Å². The minimum Gasteiger partial charge on any atom is -0.233 e. The molecule has 0 saturated heterocycles. The van der Waals surface area contributed by atoms with Gasteiger partial charge in [0.15, 0.2) is 0 Å². The predicted octanol–water partition coefficient (Wildman–Crippen LogP) is 3.23. The summed E-state index contributed by atoms with van der Waals surface area (Å²) in [6.07, 6.45) is 0. The highest BCUT2D eigenvalue weighted by Crippen LogP contribution is 2.25. The highest BCUT2D eigenvalue weighted by atomic mass is 35.5. The Hall–Kier alpha value is -0.750. The zero-order valence-corrected chi connectivity index (χ0v) is 7.91. The van der Waals surface area contributed by atoms with Crippen molar-refractivity contribution >= 4 is 34.7 Å². The Morgan fingerprint density at radius 3 is 2.58 bits per heavy atom. The van der Waals surface area contributed by atoms with Crippen LogP contribution in [0.4, 0.5) is 0 Å². The Morgan fingerprint density at radius 1 is 1.42 bits per heavy atom. The molecule has 0 heterocycles. The number of rotatable bonds is 1. The largest absolute Gasteiger partial charge is 0.233 e. The van der Waals surface area contributed by atoms with Crippen LogP contribution < -0.4 is 0 Å². The maximum absolute atomic E-state index is 10.3. The first-order valence-corrected chi connectivity index (χ1v) is 4.08. The lowest BCUT2D eigenvalue weighted by Gasteiger charge is -2.00. The summed E-state index contributed by atoms with van der Waals surface area (Å²) in [5.41, 5.74) is 1.16. The molecule has 0 N–H and O–H groups in total. The lowest BCUT2D eigenvalue weighted by Crippen LogP contribution is -1.81. The fourth-order valence-electron chi connectivity index (χ4n) is 0.849. The number of benzene rings is 1. The molecule has 0 saturated carbocycles. The van der Waals surface area contributed by atoms with Crippen LogP contribution in [0, 0.1) is 0 Å². The Balaban J connectivity index is 3.27. The van der Waals surface area contributed by atoms with Crippen LogP contribution in [0.3, 0.4) is 0 Å². The van der Waals surface area contributed by atoms with E-state index in [-0.39, 0.29) is 0 Å². The van der Waals surface area contributed by atoms with Crippen molar-refractivity contribution in [3.8, 4) is 0 Å². The van der Waals surface area contributed by atoms with Gasteiger partial charge in [0.05, 0.1) is 5.02 Å². The van der Waals surface area contributed by atoms with Crippen molar-refractivity contribution in [1.82, 2.24) is 0 Å². The zero-order chi connectivity index (χ0) is 9.14. The van der Waals surface area contributed by atoms with E-state index >= 15 is 0 Å². The van der Waals surface area contributed by atoms with Crippen LogP contribution in [-0.2, 0) is 4.79 Å². The molecule has 12 heavy (non-hydrogen) atoms. The molecule has 62 valence electrons. The topological polar surface area (TPSA) is 17.1 Å². The van der Waals surface area contributed by atoms with Crippen molar-refractivity contribution in [3.05, 3.63) is 33.8 Å². The van der Waals surface area contributed by atoms with Crippen molar-refractivity contribution in [1.29, 1.82) is 0 Å². The van der Waals surface area contributed by atoms with E-state index in [2.05, 4.69) is 0 Å². The smallest absolute Gasteiger partial charge is 0.128 e. The Morgan fingerprint density at radius 2 is 2.08 bits per heavy atom. The van der Waals surface area contributed by atoms with Crippen molar-refractivity contribution in [2.75, 3.05) is 0 Å². The molecule has 3 heteroatoms. The van der Waals surface area contributed by atoms with Gasteiger partial charge in [0, 0.05) is 16.2 Å². The molecule has 1 aromatic carbocycles. The van der Waals surface area contributed by atoms with Crippen LogP contribution in [0.2, 0.25) is 10.0 Å². The molecular formula is C9H6Cl2O. The minimum atomic E-state index is 0.475. The van der Waals surface area contributed by atoms with Crippen LogP contribution in [0.1, 0.15) is 12.5 Å². The van der Waals surface area contributed by atoms with E-state index in [0.717, 1.165) is 0 Å². The summed E-state index contributed by atoms with van der Waals surface area (Å²) in [6.45, 7) is 1.65. The van der Waals surface area contributed by atoms with Gasteiger partial charge >= 0.3 is 0 Å². The Labute approximate surface area is 80.6 Å². The average molecular weight is 201 g/mol. The maximum Gasteiger partial charge on any atom is 0.128 e. The SMILES string of the molecule is CC(=C=O)c1ccc(Cl)cc1Cl. The predicted molar refractivity (Wildman–Crippen MR) is 51.2 cm³/mol. The molecule has 0 aromatic heterocycles. The third-order valence-electron chi connectivity index (χ3n) is 1.49.